The van der Waals surface area contributed by atoms with Crippen LogP contribution in [0.3, 0.4) is 0 Å². The van der Waals surface area contributed by atoms with Gasteiger partial charge in [-0.25, -0.2) is 9.69 Å². The number of imide groups is 2. The lowest BCUT2D eigenvalue weighted by Crippen LogP contribution is -2.54. The first-order chi connectivity index (χ1) is 17.4. The maximum atomic E-state index is 13.4. The van der Waals surface area contributed by atoms with Crippen molar-refractivity contribution < 1.29 is 23.9 Å². The first kappa shape index (κ1) is 21.7. The maximum Gasteiger partial charge on any atom is 0.335 e. The first-order valence-corrected chi connectivity index (χ1v) is 11.4. The van der Waals surface area contributed by atoms with E-state index >= 15 is 0 Å². The molecule has 4 aromatic rings. The fourth-order valence-corrected chi connectivity index (χ4v) is 4.78. The van der Waals surface area contributed by atoms with Crippen LogP contribution in [0.15, 0.2) is 72.3 Å². The van der Waals surface area contributed by atoms with Crippen LogP contribution in [0.5, 0.6) is 11.5 Å². The lowest BCUT2D eigenvalue weighted by atomic mass is 10.1. The molecule has 0 radical (unpaired) electrons. The van der Waals surface area contributed by atoms with Gasteiger partial charge in [0.15, 0.2) is 11.5 Å². The number of nitrogens with one attached hydrogen (secondary N) is 1. The number of carbonyl (C=O) groups excluding carboxylic acids is 3. The second-order valence-corrected chi connectivity index (χ2v) is 8.66. The third kappa shape index (κ3) is 3.34. The quantitative estimate of drug-likeness (QED) is 0.342. The summed E-state index contributed by atoms with van der Waals surface area (Å²) in [5.74, 6) is -0.500. The van der Waals surface area contributed by atoms with Gasteiger partial charge in [-0.15, -0.1) is 0 Å². The van der Waals surface area contributed by atoms with Gasteiger partial charge in [-0.2, -0.15) is 0 Å². The van der Waals surface area contributed by atoms with Crippen LogP contribution in [0.4, 0.5) is 10.5 Å². The van der Waals surface area contributed by atoms with E-state index in [1.54, 1.807) is 18.2 Å². The number of amides is 4. The SMILES string of the molecule is Cc1cc(/C=C2\C(=O)NC(=O)N(c3ccc4c(c3)OCO4)C2=O)c(C)n1-c1cccc2ccccc12. The smallest absolute Gasteiger partial charge is 0.335 e. The molecular formula is C28H21N3O5. The van der Waals surface area contributed by atoms with E-state index in [1.807, 2.05) is 44.2 Å². The molecule has 2 aliphatic heterocycles. The van der Waals surface area contributed by atoms with Crippen LogP contribution >= 0.6 is 0 Å². The normalized spacial score (nSPS) is 16.2. The predicted molar refractivity (Wildman–Crippen MR) is 134 cm³/mol. The van der Waals surface area contributed by atoms with Gasteiger partial charge in [0.25, 0.3) is 11.8 Å². The van der Waals surface area contributed by atoms with Crippen molar-refractivity contribution in [1.29, 1.82) is 0 Å². The number of hydrogen-bond donors (Lipinski definition) is 1. The number of nitrogens with zero attached hydrogens (tertiary/aromatic N) is 2. The lowest BCUT2D eigenvalue weighted by Gasteiger charge is -2.26. The summed E-state index contributed by atoms with van der Waals surface area (Å²) in [6.07, 6.45) is 1.54. The van der Waals surface area contributed by atoms with Crippen LogP contribution in [0.2, 0.25) is 0 Å². The van der Waals surface area contributed by atoms with E-state index in [2.05, 4.69) is 28.1 Å². The van der Waals surface area contributed by atoms with Gasteiger partial charge in [-0.1, -0.05) is 36.4 Å². The Kier molecular flexibility index (Phi) is 4.89. The molecule has 3 heterocycles. The summed E-state index contributed by atoms with van der Waals surface area (Å²) >= 11 is 0. The molecule has 8 nitrogen and oxygen atoms in total. The van der Waals surface area contributed by atoms with Crippen molar-refractivity contribution in [2.24, 2.45) is 0 Å². The Bertz CT molecular complexity index is 1630. The number of benzene rings is 3. The second kappa shape index (κ2) is 8.13. The van der Waals surface area contributed by atoms with Gasteiger partial charge in [-0.05, 0) is 55.1 Å². The molecule has 0 unspecified atom stereocenters. The van der Waals surface area contributed by atoms with Crippen LogP contribution < -0.4 is 19.7 Å². The number of rotatable bonds is 3. The Hall–Kier alpha value is -4.85. The summed E-state index contributed by atoms with van der Waals surface area (Å²) in [7, 11) is 0. The molecule has 3 aromatic carbocycles. The highest BCUT2D eigenvalue weighted by molar-refractivity contribution is 6.39. The number of ether oxygens (including phenoxy) is 2. The van der Waals surface area contributed by atoms with Crippen molar-refractivity contribution >= 4 is 40.4 Å². The number of carbonyl (C=O) groups is 3. The number of anilines is 1. The van der Waals surface area contributed by atoms with Gasteiger partial charge in [0, 0.05) is 22.8 Å². The lowest BCUT2D eigenvalue weighted by molar-refractivity contribution is -0.122. The molecule has 178 valence electrons. The van der Waals surface area contributed by atoms with E-state index in [0.717, 1.165) is 32.7 Å². The molecule has 8 heteroatoms. The maximum absolute atomic E-state index is 13.4. The Morgan fingerprint density at radius 1 is 0.889 bits per heavy atom. The molecule has 0 spiro atoms. The summed E-state index contributed by atoms with van der Waals surface area (Å²) in [6, 6.07) is 20.1. The highest BCUT2D eigenvalue weighted by atomic mass is 16.7. The van der Waals surface area contributed by atoms with E-state index in [-0.39, 0.29) is 18.1 Å². The second-order valence-electron chi connectivity index (χ2n) is 8.66. The fourth-order valence-electron chi connectivity index (χ4n) is 4.78. The third-order valence-corrected chi connectivity index (χ3v) is 6.49. The van der Waals surface area contributed by atoms with Gasteiger partial charge < -0.3 is 14.0 Å². The van der Waals surface area contributed by atoms with Crippen molar-refractivity contribution in [3.63, 3.8) is 0 Å². The Balaban J connectivity index is 1.42. The topological polar surface area (TPSA) is 89.9 Å². The molecule has 1 aromatic heterocycles. The summed E-state index contributed by atoms with van der Waals surface area (Å²) in [5.41, 5.74) is 3.67. The molecule has 6 rings (SSSR count). The molecule has 0 aliphatic carbocycles. The summed E-state index contributed by atoms with van der Waals surface area (Å²) in [4.78, 5) is 39.7. The Morgan fingerprint density at radius 2 is 1.67 bits per heavy atom. The van der Waals surface area contributed by atoms with Gasteiger partial charge >= 0.3 is 6.03 Å². The number of barbiturate groups is 1. The van der Waals surface area contributed by atoms with Crippen LogP contribution in [0.1, 0.15) is 17.0 Å². The van der Waals surface area contributed by atoms with Crippen LogP contribution in [-0.2, 0) is 9.59 Å². The zero-order valence-corrected chi connectivity index (χ0v) is 19.6. The van der Waals surface area contributed by atoms with Crippen LogP contribution in [0.25, 0.3) is 22.5 Å². The standard InChI is InChI=1S/C28H21N3O5/c1-16-12-19(17(2)30(16)23-9-5-7-18-6-3-4-8-21(18)23)13-22-26(32)29-28(34)31(27(22)33)20-10-11-24-25(14-20)36-15-35-24/h3-14H,15H2,1-2H3,(H,29,32,34)/b22-13+. The van der Waals surface area contributed by atoms with Crippen molar-refractivity contribution in [3.8, 4) is 17.2 Å². The molecule has 0 saturated carbocycles. The minimum Gasteiger partial charge on any atom is -0.454 e. The summed E-state index contributed by atoms with van der Waals surface area (Å²) in [6.45, 7) is 3.98. The predicted octanol–water partition coefficient (Wildman–Crippen LogP) is 4.64. The van der Waals surface area contributed by atoms with Gasteiger partial charge in [0.1, 0.15) is 5.57 Å². The molecule has 0 atom stereocenters. The highest BCUT2D eigenvalue weighted by Gasteiger charge is 2.37. The molecule has 1 fully saturated rings. The fraction of sp³-hybridized carbons (Fsp3) is 0.107. The highest BCUT2D eigenvalue weighted by Crippen LogP contribution is 2.36. The average Bonchev–Trinajstić information content (AvgIpc) is 3.44. The molecule has 0 bridgehead atoms. The number of urea groups is 1. The van der Waals surface area contributed by atoms with Gasteiger partial charge in [0.2, 0.25) is 6.79 Å². The van der Waals surface area contributed by atoms with Crippen molar-refractivity contribution in [3.05, 3.63) is 89.3 Å². The number of hydrogen-bond acceptors (Lipinski definition) is 5. The first-order valence-electron chi connectivity index (χ1n) is 11.4. The van der Waals surface area contributed by atoms with E-state index in [1.165, 1.54) is 6.08 Å². The monoisotopic (exact) mass is 479 g/mol. The zero-order valence-electron chi connectivity index (χ0n) is 19.6. The van der Waals surface area contributed by atoms with Crippen LogP contribution in [0, 0.1) is 13.8 Å². The van der Waals surface area contributed by atoms with E-state index < -0.39 is 17.8 Å². The summed E-state index contributed by atoms with van der Waals surface area (Å²) in [5, 5.41) is 4.48. The minimum absolute atomic E-state index is 0.0644. The average molecular weight is 479 g/mol. The largest absolute Gasteiger partial charge is 0.454 e. The minimum atomic E-state index is -0.817. The number of aromatic nitrogens is 1. The van der Waals surface area contributed by atoms with Crippen molar-refractivity contribution in [2.45, 2.75) is 13.8 Å². The summed E-state index contributed by atoms with van der Waals surface area (Å²) < 4.78 is 12.8. The third-order valence-electron chi connectivity index (χ3n) is 6.49. The molecule has 2 aliphatic rings. The van der Waals surface area contributed by atoms with Crippen molar-refractivity contribution in [1.82, 2.24) is 9.88 Å². The number of aryl methyl sites for hydroxylation is 1. The zero-order chi connectivity index (χ0) is 25.0. The van der Waals surface area contributed by atoms with Crippen LogP contribution in [-0.4, -0.2) is 29.2 Å². The molecule has 36 heavy (non-hydrogen) atoms. The Morgan fingerprint density at radius 3 is 2.53 bits per heavy atom. The molecule has 1 N–H and O–H groups in total. The molecular weight excluding hydrogens is 458 g/mol. The van der Waals surface area contributed by atoms with Crippen molar-refractivity contribution in [2.75, 3.05) is 11.7 Å². The molecule has 1 saturated heterocycles. The Labute approximate surface area is 206 Å². The van der Waals surface area contributed by atoms with Gasteiger partial charge in [0.05, 0.1) is 11.4 Å². The van der Waals surface area contributed by atoms with E-state index in [9.17, 15) is 14.4 Å². The van der Waals surface area contributed by atoms with E-state index in [0.29, 0.717) is 17.1 Å². The number of fused-ring (bicyclic) bond motifs is 2. The molecule has 4 amide bonds. The van der Waals surface area contributed by atoms with Gasteiger partial charge in [-0.3, -0.25) is 14.9 Å². The van der Waals surface area contributed by atoms with E-state index in [4.69, 9.17) is 9.47 Å².